The summed E-state index contributed by atoms with van der Waals surface area (Å²) in [5.41, 5.74) is 2.90. The molecular formula is C29H34N8O2. The third kappa shape index (κ3) is 4.49. The van der Waals surface area contributed by atoms with E-state index in [2.05, 4.69) is 52.8 Å². The number of rotatable bonds is 6. The Bertz CT molecular complexity index is 1600. The molecule has 4 aromatic rings. The Hall–Kier alpha value is -4.02. The summed E-state index contributed by atoms with van der Waals surface area (Å²) in [6, 6.07) is 12.6. The number of aryl methyl sites for hydroxylation is 1. The maximum absolute atomic E-state index is 13.3. The predicted octanol–water partition coefficient (Wildman–Crippen LogP) is 3.20. The van der Waals surface area contributed by atoms with Gasteiger partial charge in [0.2, 0.25) is 5.95 Å². The van der Waals surface area contributed by atoms with E-state index in [-0.39, 0.29) is 12.1 Å². The number of anilines is 3. The molecule has 1 aromatic carbocycles. The number of hydrogen-bond donors (Lipinski definition) is 2. The monoisotopic (exact) mass is 526 g/mol. The molecule has 1 fully saturated rings. The zero-order valence-electron chi connectivity index (χ0n) is 22.6. The first-order chi connectivity index (χ1) is 18.7. The average Bonchev–Trinajstić information content (AvgIpc) is 3.38. The van der Waals surface area contributed by atoms with Gasteiger partial charge in [-0.1, -0.05) is 12.1 Å². The first-order valence-electron chi connectivity index (χ1n) is 13.4. The quantitative estimate of drug-likeness (QED) is 0.369. The Morgan fingerprint density at radius 1 is 1.18 bits per heavy atom. The van der Waals surface area contributed by atoms with E-state index in [1.165, 1.54) is 5.69 Å². The standard InChI is InChI=1S/C29H34N8O2/c1-5-14-36-27(38)23-17-30-28(31-21-7-9-22(10-8-21)35-16-15-34(4)19(2)18-35)33-26(23)37(36)24-11-6-20-12-13-29(3,39)25(20)32-24/h5-11,17,19,39H,1,12-16,18H2,2-4H3,(H,30,31,33)/t19-,29-/m1/s1. The largest absolute Gasteiger partial charge is 0.384 e. The van der Waals surface area contributed by atoms with Gasteiger partial charge in [-0.05, 0) is 69.6 Å². The fourth-order valence-corrected chi connectivity index (χ4v) is 5.54. The van der Waals surface area contributed by atoms with Crippen molar-refractivity contribution in [2.45, 2.75) is 44.9 Å². The summed E-state index contributed by atoms with van der Waals surface area (Å²) in [4.78, 5) is 32.0. The van der Waals surface area contributed by atoms with E-state index in [0.717, 1.165) is 37.3 Å². The van der Waals surface area contributed by atoms with Crippen molar-refractivity contribution in [3.63, 3.8) is 0 Å². The molecule has 2 N–H and O–H groups in total. The minimum absolute atomic E-state index is 0.226. The molecular weight excluding hydrogens is 492 g/mol. The molecule has 1 aliphatic carbocycles. The molecule has 6 rings (SSSR count). The topological polar surface area (TPSA) is 104 Å². The van der Waals surface area contributed by atoms with E-state index in [1.54, 1.807) is 28.6 Å². The number of allylic oxidation sites excluding steroid dienone is 1. The SMILES string of the molecule is C=CCn1c(=O)c2cnc(Nc3ccc(N4CCN(C)[C@H](C)C4)cc3)nc2n1-c1ccc2c(n1)[C@](C)(O)CC2. The molecule has 2 aliphatic rings. The number of likely N-dealkylation sites (N-methyl/N-ethyl adjacent to an activating group) is 1. The fourth-order valence-electron chi connectivity index (χ4n) is 5.54. The van der Waals surface area contributed by atoms with E-state index in [4.69, 9.17) is 9.97 Å². The number of fused-ring (bicyclic) bond motifs is 2. The third-order valence-corrected chi connectivity index (χ3v) is 8.00. The van der Waals surface area contributed by atoms with Crippen LogP contribution in [0, 0.1) is 0 Å². The van der Waals surface area contributed by atoms with Crippen molar-refractivity contribution in [2.75, 3.05) is 36.9 Å². The lowest BCUT2D eigenvalue weighted by Gasteiger charge is -2.39. The number of nitrogens with one attached hydrogen (secondary N) is 1. The van der Waals surface area contributed by atoms with Gasteiger partial charge in [0.15, 0.2) is 11.5 Å². The summed E-state index contributed by atoms with van der Waals surface area (Å²) in [7, 11) is 2.17. The molecule has 10 nitrogen and oxygen atoms in total. The fraction of sp³-hybridized carbons (Fsp3) is 0.379. The van der Waals surface area contributed by atoms with E-state index in [1.807, 2.05) is 24.3 Å². The van der Waals surface area contributed by atoms with Crippen molar-refractivity contribution in [1.29, 1.82) is 0 Å². The Balaban J connectivity index is 1.34. The number of piperazine rings is 1. The molecule has 0 spiro atoms. The minimum Gasteiger partial charge on any atom is -0.384 e. The lowest BCUT2D eigenvalue weighted by atomic mass is 10.0. The second-order valence-electron chi connectivity index (χ2n) is 10.8. The van der Waals surface area contributed by atoms with Gasteiger partial charge in [0, 0.05) is 43.2 Å². The van der Waals surface area contributed by atoms with E-state index in [9.17, 15) is 9.90 Å². The van der Waals surface area contributed by atoms with Crippen molar-refractivity contribution in [3.8, 4) is 5.82 Å². The molecule has 0 radical (unpaired) electrons. The number of benzene rings is 1. The first-order valence-corrected chi connectivity index (χ1v) is 13.4. The summed E-state index contributed by atoms with van der Waals surface area (Å²) >= 11 is 0. The number of aromatic nitrogens is 5. The zero-order valence-corrected chi connectivity index (χ0v) is 22.6. The molecule has 4 heterocycles. The normalized spacial score (nSPS) is 21.3. The summed E-state index contributed by atoms with van der Waals surface area (Å²) in [5.74, 6) is 0.890. The van der Waals surface area contributed by atoms with Gasteiger partial charge in [-0.2, -0.15) is 4.98 Å². The number of pyridine rings is 1. The average molecular weight is 527 g/mol. The molecule has 1 aliphatic heterocycles. The highest BCUT2D eigenvalue weighted by atomic mass is 16.3. The van der Waals surface area contributed by atoms with Gasteiger partial charge >= 0.3 is 0 Å². The lowest BCUT2D eigenvalue weighted by molar-refractivity contribution is 0.0553. The van der Waals surface area contributed by atoms with Crippen LogP contribution >= 0.6 is 0 Å². The molecule has 3 aromatic heterocycles. The summed E-state index contributed by atoms with van der Waals surface area (Å²) in [5, 5.41) is 14.5. The highest BCUT2D eigenvalue weighted by Crippen LogP contribution is 2.35. The molecule has 0 bridgehead atoms. The second-order valence-corrected chi connectivity index (χ2v) is 10.8. The van der Waals surface area contributed by atoms with Crippen LogP contribution in [0.4, 0.5) is 17.3 Å². The van der Waals surface area contributed by atoms with Crippen LogP contribution in [-0.4, -0.2) is 67.0 Å². The predicted molar refractivity (Wildman–Crippen MR) is 153 cm³/mol. The molecule has 202 valence electrons. The Kier molecular flexibility index (Phi) is 6.23. The van der Waals surface area contributed by atoms with Crippen LogP contribution in [0.25, 0.3) is 16.9 Å². The van der Waals surface area contributed by atoms with Crippen molar-refractivity contribution in [3.05, 3.63) is 76.9 Å². The van der Waals surface area contributed by atoms with Gasteiger partial charge in [0.25, 0.3) is 5.56 Å². The zero-order chi connectivity index (χ0) is 27.3. The van der Waals surface area contributed by atoms with E-state index in [0.29, 0.717) is 41.0 Å². The van der Waals surface area contributed by atoms with Crippen LogP contribution in [0.3, 0.4) is 0 Å². The molecule has 2 atom stereocenters. The van der Waals surface area contributed by atoms with Crippen LogP contribution in [0.1, 0.15) is 31.5 Å². The van der Waals surface area contributed by atoms with Crippen LogP contribution in [0.15, 0.2) is 60.0 Å². The second kappa shape index (κ2) is 9.62. The maximum atomic E-state index is 13.3. The van der Waals surface area contributed by atoms with Crippen LogP contribution in [0.2, 0.25) is 0 Å². The molecule has 0 unspecified atom stereocenters. The molecule has 39 heavy (non-hydrogen) atoms. The summed E-state index contributed by atoms with van der Waals surface area (Å²) < 4.78 is 3.24. The maximum Gasteiger partial charge on any atom is 0.278 e. The summed E-state index contributed by atoms with van der Waals surface area (Å²) in [6.45, 7) is 11.2. The van der Waals surface area contributed by atoms with Gasteiger partial charge in [-0.25, -0.2) is 19.3 Å². The van der Waals surface area contributed by atoms with E-state index >= 15 is 0 Å². The smallest absolute Gasteiger partial charge is 0.278 e. The Labute approximate surface area is 227 Å². The van der Waals surface area contributed by atoms with E-state index < -0.39 is 5.60 Å². The number of nitrogens with zero attached hydrogens (tertiary/aromatic N) is 7. The molecule has 10 heteroatoms. The molecule has 1 saturated heterocycles. The van der Waals surface area contributed by atoms with Crippen LogP contribution < -0.4 is 15.8 Å². The molecule has 0 saturated carbocycles. The van der Waals surface area contributed by atoms with Gasteiger partial charge in [-0.3, -0.25) is 4.79 Å². The van der Waals surface area contributed by atoms with Crippen molar-refractivity contribution < 1.29 is 5.11 Å². The Morgan fingerprint density at radius 2 is 1.97 bits per heavy atom. The molecule has 0 amide bonds. The van der Waals surface area contributed by atoms with Gasteiger partial charge < -0.3 is 20.2 Å². The van der Waals surface area contributed by atoms with Gasteiger partial charge in [-0.15, -0.1) is 6.58 Å². The summed E-state index contributed by atoms with van der Waals surface area (Å²) in [6.07, 6.45) is 4.60. The van der Waals surface area contributed by atoms with Crippen molar-refractivity contribution in [2.24, 2.45) is 0 Å². The van der Waals surface area contributed by atoms with Crippen LogP contribution in [0.5, 0.6) is 0 Å². The van der Waals surface area contributed by atoms with Gasteiger partial charge in [0.05, 0.1) is 12.2 Å². The van der Waals surface area contributed by atoms with Crippen molar-refractivity contribution >= 4 is 28.4 Å². The minimum atomic E-state index is -1.01. The lowest BCUT2D eigenvalue weighted by Crippen LogP contribution is -2.50. The van der Waals surface area contributed by atoms with Crippen molar-refractivity contribution in [1.82, 2.24) is 29.2 Å². The number of hydrogen-bond acceptors (Lipinski definition) is 8. The van der Waals surface area contributed by atoms with Gasteiger partial charge in [0.1, 0.15) is 11.0 Å². The highest BCUT2D eigenvalue weighted by molar-refractivity contribution is 5.77. The number of aliphatic hydroxyl groups is 1. The Morgan fingerprint density at radius 3 is 2.72 bits per heavy atom. The third-order valence-electron chi connectivity index (χ3n) is 8.00. The van der Waals surface area contributed by atoms with Crippen LogP contribution in [-0.2, 0) is 18.6 Å². The first kappa shape index (κ1) is 25.3. The highest BCUT2D eigenvalue weighted by Gasteiger charge is 2.34.